The molecule has 2 aromatic rings. The highest BCUT2D eigenvalue weighted by atomic mass is 32.2. The fourth-order valence-electron chi connectivity index (χ4n) is 1.37. The van der Waals surface area contributed by atoms with Gasteiger partial charge in [-0.3, -0.25) is 4.79 Å². The normalized spacial score (nSPS) is 11.1. The van der Waals surface area contributed by atoms with Crippen LogP contribution in [-0.2, 0) is 4.79 Å². The average Bonchev–Trinajstić information content (AvgIpc) is 3.14. The van der Waals surface area contributed by atoms with Crippen molar-refractivity contribution in [1.29, 1.82) is 5.26 Å². The third-order valence-corrected chi connectivity index (χ3v) is 3.75. The number of nitrogens with zero attached hydrogens (tertiary/aromatic N) is 4. The lowest BCUT2D eigenvalue weighted by molar-refractivity contribution is -0.130. The monoisotopic (exact) mass is 306 g/mol. The second kappa shape index (κ2) is 6.01. The van der Waals surface area contributed by atoms with Crippen LogP contribution in [0.2, 0.25) is 0 Å². The number of hydrogen-bond donors (Lipinski definition) is 0. The zero-order chi connectivity index (χ0) is 15.5. The summed E-state index contributed by atoms with van der Waals surface area (Å²) in [5.41, 5.74) is -0.855. The maximum Gasteiger partial charge on any atom is 0.284 e. The number of thioether (sulfide) groups is 1. The Morgan fingerprint density at radius 3 is 2.90 bits per heavy atom. The summed E-state index contributed by atoms with van der Waals surface area (Å²) in [5.74, 6) is 0.662. The van der Waals surface area contributed by atoms with Crippen LogP contribution in [0.1, 0.15) is 13.8 Å². The van der Waals surface area contributed by atoms with E-state index in [2.05, 4.69) is 16.3 Å². The van der Waals surface area contributed by atoms with Gasteiger partial charge in [0.25, 0.3) is 11.1 Å². The zero-order valence-corrected chi connectivity index (χ0v) is 12.7. The molecule has 0 fully saturated rings. The van der Waals surface area contributed by atoms with E-state index in [9.17, 15) is 4.79 Å². The molecule has 7 nitrogen and oxygen atoms in total. The van der Waals surface area contributed by atoms with Gasteiger partial charge < -0.3 is 13.7 Å². The minimum Gasteiger partial charge on any atom is -0.459 e. The minimum atomic E-state index is -0.855. The first-order chi connectivity index (χ1) is 9.94. The maximum atomic E-state index is 12.0. The number of hydrogen-bond acceptors (Lipinski definition) is 7. The molecule has 0 bridgehead atoms. The van der Waals surface area contributed by atoms with E-state index in [1.54, 1.807) is 33.0 Å². The van der Waals surface area contributed by atoms with E-state index in [1.807, 2.05) is 0 Å². The molecule has 1 amide bonds. The van der Waals surface area contributed by atoms with Crippen LogP contribution in [0.4, 0.5) is 0 Å². The van der Waals surface area contributed by atoms with E-state index in [0.29, 0.717) is 5.76 Å². The number of nitriles is 1. The highest BCUT2D eigenvalue weighted by Gasteiger charge is 2.27. The summed E-state index contributed by atoms with van der Waals surface area (Å²) in [6.45, 7) is 3.36. The van der Waals surface area contributed by atoms with Gasteiger partial charge in [-0.25, -0.2) is 0 Å². The molecule has 0 unspecified atom stereocenters. The van der Waals surface area contributed by atoms with Crippen molar-refractivity contribution >= 4 is 17.7 Å². The predicted molar refractivity (Wildman–Crippen MR) is 75.2 cm³/mol. The highest BCUT2D eigenvalue weighted by molar-refractivity contribution is 7.99. The van der Waals surface area contributed by atoms with Gasteiger partial charge in [-0.15, -0.1) is 10.2 Å². The average molecular weight is 306 g/mol. The van der Waals surface area contributed by atoms with Crippen LogP contribution in [0.5, 0.6) is 0 Å². The molecule has 0 aromatic carbocycles. The van der Waals surface area contributed by atoms with Gasteiger partial charge >= 0.3 is 0 Å². The molecule has 2 rings (SSSR count). The second-order valence-electron chi connectivity index (χ2n) is 4.76. The van der Waals surface area contributed by atoms with Crippen LogP contribution in [0, 0.1) is 11.3 Å². The van der Waals surface area contributed by atoms with Gasteiger partial charge in [0.2, 0.25) is 5.91 Å². The van der Waals surface area contributed by atoms with Crippen molar-refractivity contribution in [3.05, 3.63) is 18.4 Å². The van der Waals surface area contributed by atoms with Crippen molar-refractivity contribution in [2.45, 2.75) is 24.6 Å². The second-order valence-corrected chi connectivity index (χ2v) is 5.69. The maximum absolute atomic E-state index is 12.0. The van der Waals surface area contributed by atoms with Gasteiger partial charge in [0.1, 0.15) is 5.54 Å². The summed E-state index contributed by atoms with van der Waals surface area (Å²) in [6.07, 6.45) is 1.51. The third kappa shape index (κ3) is 3.44. The summed E-state index contributed by atoms with van der Waals surface area (Å²) in [5, 5.41) is 17.0. The number of carbonyl (C=O) groups excluding carboxylic acids is 1. The fraction of sp³-hybridized carbons (Fsp3) is 0.385. The molecular weight excluding hydrogens is 292 g/mol. The number of rotatable bonds is 5. The Bertz CT molecular complexity index is 657. The lowest BCUT2D eigenvalue weighted by Gasteiger charge is -2.28. The summed E-state index contributed by atoms with van der Waals surface area (Å²) in [6, 6.07) is 5.50. The first-order valence-corrected chi connectivity index (χ1v) is 7.10. The van der Waals surface area contributed by atoms with Crippen LogP contribution in [-0.4, -0.2) is 39.3 Å². The lowest BCUT2D eigenvalue weighted by atomic mass is 10.1. The van der Waals surface area contributed by atoms with E-state index in [0.717, 1.165) is 11.8 Å². The van der Waals surface area contributed by atoms with E-state index in [-0.39, 0.29) is 22.8 Å². The van der Waals surface area contributed by atoms with Gasteiger partial charge in [0.15, 0.2) is 5.76 Å². The number of aromatic nitrogens is 2. The van der Waals surface area contributed by atoms with Crippen molar-refractivity contribution in [3.8, 4) is 17.7 Å². The molecule has 2 aromatic heterocycles. The van der Waals surface area contributed by atoms with Crippen LogP contribution in [0.25, 0.3) is 11.7 Å². The first kappa shape index (κ1) is 15.1. The van der Waals surface area contributed by atoms with Gasteiger partial charge in [0.05, 0.1) is 18.1 Å². The molecular formula is C13H14N4O3S. The Hall–Kier alpha value is -2.27. The Labute approximate surface area is 125 Å². The summed E-state index contributed by atoms with van der Waals surface area (Å²) in [7, 11) is 1.59. The van der Waals surface area contributed by atoms with E-state index < -0.39 is 5.54 Å². The predicted octanol–water partition coefficient (Wildman–Crippen LogP) is 2.18. The Balaban J connectivity index is 1.95. The molecule has 0 radical (unpaired) electrons. The van der Waals surface area contributed by atoms with Gasteiger partial charge in [0, 0.05) is 7.05 Å². The van der Waals surface area contributed by atoms with Crippen molar-refractivity contribution in [2.24, 2.45) is 0 Å². The molecule has 2 heterocycles. The summed E-state index contributed by atoms with van der Waals surface area (Å²) < 4.78 is 10.5. The van der Waals surface area contributed by atoms with Crippen molar-refractivity contribution < 1.29 is 13.6 Å². The van der Waals surface area contributed by atoms with Crippen LogP contribution in [0.15, 0.2) is 32.5 Å². The minimum absolute atomic E-state index is 0.112. The summed E-state index contributed by atoms with van der Waals surface area (Å²) in [4.78, 5) is 13.4. The molecule has 8 heteroatoms. The fourth-order valence-corrected chi connectivity index (χ4v) is 2.05. The van der Waals surface area contributed by atoms with E-state index in [1.165, 1.54) is 11.2 Å². The third-order valence-electron chi connectivity index (χ3n) is 2.94. The highest BCUT2D eigenvalue weighted by Crippen LogP contribution is 2.24. The van der Waals surface area contributed by atoms with Gasteiger partial charge in [-0.2, -0.15) is 5.26 Å². The number of furan rings is 1. The molecule has 0 aliphatic heterocycles. The topological polar surface area (TPSA) is 96.2 Å². The lowest BCUT2D eigenvalue weighted by Crippen LogP contribution is -2.44. The van der Waals surface area contributed by atoms with Gasteiger partial charge in [-0.1, -0.05) is 11.8 Å². The largest absolute Gasteiger partial charge is 0.459 e. The quantitative estimate of drug-likeness (QED) is 0.781. The molecule has 0 N–H and O–H groups in total. The van der Waals surface area contributed by atoms with Crippen LogP contribution in [0.3, 0.4) is 0 Å². The van der Waals surface area contributed by atoms with Gasteiger partial charge in [-0.05, 0) is 26.0 Å². The van der Waals surface area contributed by atoms with Crippen LogP contribution < -0.4 is 0 Å². The molecule has 0 aliphatic carbocycles. The van der Waals surface area contributed by atoms with E-state index in [4.69, 9.17) is 14.1 Å². The molecule has 21 heavy (non-hydrogen) atoms. The zero-order valence-electron chi connectivity index (χ0n) is 11.9. The first-order valence-electron chi connectivity index (χ1n) is 6.12. The molecule has 110 valence electrons. The Morgan fingerprint density at radius 1 is 1.52 bits per heavy atom. The van der Waals surface area contributed by atoms with E-state index >= 15 is 0 Å². The summed E-state index contributed by atoms with van der Waals surface area (Å²) >= 11 is 1.12. The Kier molecular flexibility index (Phi) is 4.33. The van der Waals surface area contributed by atoms with Crippen molar-refractivity contribution in [3.63, 3.8) is 0 Å². The smallest absolute Gasteiger partial charge is 0.284 e. The molecule has 0 spiro atoms. The van der Waals surface area contributed by atoms with Crippen LogP contribution >= 0.6 is 11.8 Å². The Morgan fingerprint density at radius 2 is 2.29 bits per heavy atom. The standard InChI is InChI=1S/C13H14N4O3S/c1-13(2,8-14)17(3)10(18)7-21-12-16-15-11(20-12)9-5-4-6-19-9/h4-6H,7H2,1-3H3. The molecule has 0 atom stereocenters. The molecule has 0 aliphatic rings. The number of amides is 1. The van der Waals surface area contributed by atoms with Crippen molar-refractivity contribution in [1.82, 2.24) is 15.1 Å². The number of carbonyl (C=O) groups is 1. The van der Waals surface area contributed by atoms with Crippen molar-refractivity contribution in [2.75, 3.05) is 12.8 Å². The molecule has 0 saturated carbocycles. The SMILES string of the molecule is CN(C(=O)CSc1nnc(-c2ccco2)o1)C(C)(C)C#N. The molecule has 0 saturated heterocycles.